The van der Waals surface area contributed by atoms with Crippen LogP contribution in [0.4, 0.5) is 0 Å². The number of nitrogens with zero attached hydrogens (tertiary/aromatic N) is 1. The van der Waals surface area contributed by atoms with Crippen molar-refractivity contribution in [3.63, 3.8) is 0 Å². The molecule has 0 radical (unpaired) electrons. The van der Waals surface area contributed by atoms with E-state index in [0.29, 0.717) is 25.5 Å². The van der Waals surface area contributed by atoms with E-state index in [0.717, 1.165) is 39.8 Å². The Hall–Kier alpha value is -3.39. The van der Waals surface area contributed by atoms with E-state index in [1.807, 2.05) is 18.3 Å². The number of ether oxygens (including phenoxy) is 2. The van der Waals surface area contributed by atoms with Gasteiger partial charge in [-0.2, -0.15) is 0 Å². The van der Waals surface area contributed by atoms with Crippen LogP contribution >= 0.6 is 0 Å². The molecule has 8 heteroatoms. The molecule has 0 amide bonds. The number of pyridine rings is 1. The number of aromatic nitrogens is 1. The molecule has 1 fully saturated rings. The van der Waals surface area contributed by atoms with Crippen molar-refractivity contribution in [1.29, 1.82) is 0 Å². The second-order valence-corrected chi connectivity index (χ2v) is 12.1. The van der Waals surface area contributed by atoms with Gasteiger partial charge < -0.3 is 14.6 Å². The molecule has 2 unspecified atom stereocenters. The van der Waals surface area contributed by atoms with Crippen LogP contribution in [-0.2, 0) is 27.7 Å². The normalized spacial score (nSPS) is 17.2. The summed E-state index contributed by atoms with van der Waals surface area (Å²) in [5, 5.41) is 6.89. The van der Waals surface area contributed by atoms with Gasteiger partial charge in [0.2, 0.25) is 5.88 Å². The van der Waals surface area contributed by atoms with Crippen LogP contribution < -0.4 is 9.47 Å². The molecule has 0 bridgehead atoms. The molecule has 0 aliphatic heterocycles. The molecule has 37 heavy (non-hydrogen) atoms. The quantitative estimate of drug-likeness (QED) is 0.307. The summed E-state index contributed by atoms with van der Waals surface area (Å²) in [5.74, 6) is 3.21. The summed E-state index contributed by atoms with van der Waals surface area (Å²) in [6.45, 7) is 4.77. The highest BCUT2D eigenvalue weighted by Gasteiger charge is 2.45. The molecule has 0 saturated heterocycles. The van der Waals surface area contributed by atoms with Crippen molar-refractivity contribution in [2.75, 3.05) is 18.6 Å². The Labute approximate surface area is 218 Å². The Bertz CT molecular complexity index is 1360. The third-order valence-corrected chi connectivity index (χ3v) is 7.87. The van der Waals surface area contributed by atoms with E-state index < -0.39 is 9.84 Å². The molecule has 5 rings (SSSR count). The summed E-state index contributed by atoms with van der Waals surface area (Å²) in [6, 6.07) is 14.6. The third kappa shape index (κ3) is 6.89. The van der Waals surface area contributed by atoms with Gasteiger partial charge in [-0.25, -0.2) is 13.4 Å². The maximum atomic E-state index is 11.3. The van der Waals surface area contributed by atoms with E-state index in [1.165, 1.54) is 35.8 Å². The number of carboxylic acid groups (broad SMARTS) is 1. The van der Waals surface area contributed by atoms with Gasteiger partial charge in [0.05, 0.1) is 12.4 Å². The molecule has 7 nitrogen and oxygen atoms in total. The lowest BCUT2D eigenvalue weighted by atomic mass is 9.94. The zero-order chi connectivity index (χ0) is 26.6. The van der Waals surface area contributed by atoms with Crippen LogP contribution in [0, 0.1) is 19.8 Å². The third-order valence-electron chi connectivity index (χ3n) is 6.84. The summed E-state index contributed by atoms with van der Waals surface area (Å²) >= 11 is 0. The minimum Gasteiger partial charge on any atom is -0.494 e. The fourth-order valence-electron chi connectivity index (χ4n) is 5.16. The molecule has 2 aromatic carbocycles. The van der Waals surface area contributed by atoms with Crippen molar-refractivity contribution >= 4 is 16.3 Å². The van der Waals surface area contributed by atoms with Crippen molar-refractivity contribution < 1.29 is 27.8 Å². The molecule has 0 spiro atoms. The number of benzene rings is 2. The molecule has 1 N–H and O–H groups in total. The lowest BCUT2D eigenvalue weighted by molar-refractivity contribution is -0.122. The van der Waals surface area contributed by atoms with E-state index in [1.54, 1.807) is 0 Å². The standard InChI is InChI=1S/C28H31NO4S.CH2O2/c1-18-10-24(32-8-5-9-34(3,30)31)11-19(2)28(18)21-7-4-6-20(12-21)17-33-27-15-23-13-22-14-25(22)26(23)16-29-27;2-1-3/h4,6-7,10-12,15-16,22,25H,5,8-9,13-14,17H2,1-3H3;1H,(H,2,3). The summed E-state index contributed by atoms with van der Waals surface area (Å²) in [6.07, 6.45) is 6.25. The van der Waals surface area contributed by atoms with E-state index >= 15 is 0 Å². The van der Waals surface area contributed by atoms with Gasteiger partial charge in [0.15, 0.2) is 0 Å². The largest absolute Gasteiger partial charge is 0.494 e. The van der Waals surface area contributed by atoms with Gasteiger partial charge in [0.1, 0.15) is 22.2 Å². The highest BCUT2D eigenvalue weighted by atomic mass is 32.2. The highest BCUT2D eigenvalue weighted by Crippen LogP contribution is 2.56. The van der Waals surface area contributed by atoms with Crippen LogP contribution in [0.3, 0.4) is 0 Å². The Morgan fingerprint density at radius 3 is 2.54 bits per heavy atom. The minimum atomic E-state index is -2.96. The number of hydrogen-bond acceptors (Lipinski definition) is 6. The van der Waals surface area contributed by atoms with Gasteiger partial charge in [0.25, 0.3) is 6.47 Å². The Balaban J connectivity index is 0.00000102. The zero-order valence-corrected chi connectivity index (χ0v) is 22.3. The second kappa shape index (κ2) is 11.3. The average Bonchev–Trinajstić information content (AvgIpc) is 3.51. The SMILES string of the molecule is Cc1cc(OCCCS(C)(=O)=O)cc(C)c1-c1cccc(COc2cc3c(cn2)C2CC2C3)c1.O=CO. The monoisotopic (exact) mass is 523 g/mol. The highest BCUT2D eigenvalue weighted by molar-refractivity contribution is 7.90. The predicted octanol–water partition coefficient (Wildman–Crippen LogP) is 5.12. The molecular weight excluding hydrogens is 490 g/mol. The maximum absolute atomic E-state index is 11.3. The molecule has 3 aromatic rings. The second-order valence-electron chi connectivity index (χ2n) is 9.89. The lowest BCUT2D eigenvalue weighted by Gasteiger charge is -2.15. The maximum Gasteiger partial charge on any atom is 0.290 e. The first-order valence-corrected chi connectivity index (χ1v) is 14.4. The number of hydrogen-bond donors (Lipinski definition) is 1. The van der Waals surface area contributed by atoms with Crippen LogP contribution in [0.2, 0.25) is 0 Å². The van der Waals surface area contributed by atoms with Crippen LogP contribution in [0.1, 0.15) is 46.6 Å². The molecular formula is C29H33NO6S. The van der Waals surface area contributed by atoms with E-state index in [4.69, 9.17) is 19.4 Å². The van der Waals surface area contributed by atoms with Crippen LogP contribution in [0.5, 0.6) is 11.6 Å². The number of rotatable bonds is 9. The Kier molecular flexibility index (Phi) is 8.17. The molecule has 2 atom stereocenters. The molecule has 2 aliphatic carbocycles. The molecule has 1 saturated carbocycles. The van der Waals surface area contributed by atoms with Crippen LogP contribution in [0.25, 0.3) is 11.1 Å². The van der Waals surface area contributed by atoms with Gasteiger partial charge in [0, 0.05) is 18.5 Å². The number of aryl methyl sites for hydroxylation is 2. The molecule has 2 aliphatic rings. The van der Waals surface area contributed by atoms with E-state index in [9.17, 15) is 8.42 Å². The van der Waals surface area contributed by atoms with E-state index in [-0.39, 0.29) is 12.2 Å². The van der Waals surface area contributed by atoms with Crippen LogP contribution in [0.15, 0.2) is 48.7 Å². The van der Waals surface area contributed by atoms with Gasteiger partial charge in [-0.05, 0) is 102 Å². The Morgan fingerprint density at radius 2 is 1.84 bits per heavy atom. The smallest absolute Gasteiger partial charge is 0.290 e. The zero-order valence-electron chi connectivity index (χ0n) is 21.4. The van der Waals surface area contributed by atoms with Crippen LogP contribution in [-0.4, -0.2) is 43.6 Å². The molecule has 196 valence electrons. The average molecular weight is 524 g/mol. The minimum absolute atomic E-state index is 0.139. The summed E-state index contributed by atoms with van der Waals surface area (Å²) < 4.78 is 34.5. The fraction of sp³-hybridized carbons (Fsp3) is 0.379. The fourth-order valence-corrected chi connectivity index (χ4v) is 5.80. The van der Waals surface area contributed by atoms with Crippen molar-refractivity contribution in [2.45, 2.75) is 45.6 Å². The summed E-state index contributed by atoms with van der Waals surface area (Å²) in [5.41, 5.74) is 8.49. The number of sulfone groups is 1. The van der Waals surface area contributed by atoms with Crippen molar-refractivity contribution in [1.82, 2.24) is 4.98 Å². The van der Waals surface area contributed by atoms with Gasteiger partial charge in [-0.3, -0.25) is 4.79 Å². The number of fused-ring (bicyclic) bond motifs is 3. The van der Waals surface area contributed by atoms with E-state index in [2.05, 4.69) is 49.2 Å². The molecule has 1 aromatic heterocycles. The molecule has 1 heterocycles. The van der Waals surface area contributed by atoms with Gasteiger partial charge in [-0.1, -0.05) is 18.2 Å². The first-order chi connectivity index (χ1) is 17.7. The summed E-state index contributed by atoms with van der Waals surface area (Å²) in [4.78, 5) is 12.9. The van der Waals surface area contributed by atoms with Crippen molar-refractivity contribution in [3.05, 3.63) is 76.5 Å². The predicted molar refractivity (Wildman–Crippen MR) is 143 cm³/mol. The topological polar surface area (TPSA) is 103 Å². The summed E-state index contributed by atoms with van der Waals surface area (Å²) in [7, 11) is -2.96. The van der Waals surface area contributed by atoms with Gasteiger partial charge in [-0.15, -0.1) is 0 Å². The van der Waals surface area contributed by atoms with Crippen molar-refractivity contribution in [3.8, 4) is 22.8 Å². The Morgan fingerprint density at radius 1 is 1.11 bits per heavy atom. The number of carbonyl (C=O) groups is 1. The van der Waals surface area contributed by atoms with Crippen molar-refractivity contribution in [2.24, 2.45) is 5.92 Å². The van der Waals surface area contributed by atoms with Gasteiger partial charge >= 0.3 is 0 Å². The first-order valence-electron chi connectivity index (χ1n) is 12.4. The lowest BCUT2D eigenvalue weighted by Crippen LogP contribution is -2.08. The first kappa shape index (κ1) is 26.7.